The van der Waals surface area contributed by atoms with Crippen molar-refractivity contribution in [2.75, 3.05) is 107 Å². The molecule has 0 heterocycles. The highest BCUT2D eigenvalue weighted by atomic mass is 31.2. The average molecular weight is 1690 g/mol. The van der Waals surface area contributed by atoms with Gasteiger partial charge in [-0.3, -0.25) is 55.9 Å². The Kier molecular flexibility index (Phi) is 78.8. The topological polar surface area (TPSA) is 314 Å². The number of phosphoric ester groups is 2. The highest BCUT2D eigenvalue weighted by Gasteiger charge is 2.32. The maximum absolute atomic E-state index is 14.2. The Morgan fingerprint density at radius 2 is 0.664 bits per heavy atom. The van der Waals surface area contributed by atoms with E-state index >= 15 is 0 Å². The molecule has 0 bridgehead atoms. The van der Waals surface area contributed by atoms with E-state index in [4.69, 9.17) is 65.0 Å². The highest BCUT2D eigenvalue weighted by molar-refractivity contribution is 7.48. The zero-order valence-electron chi connectivity index (χ0n) is 73.6. The van der Waals surface area contributed by atoms with Crippen LogP contribution in [0.15, 0.2) is 49.6 Å². The molecule has 4 amide bonds. The second-order valence-corrected chi connectivity index (χ2v) is 33.4. The maximum Gasteiger partial charge on any atom is 0.475 e. The molecule has 26 nitrogen and oxygen atoms in total. The fraction of sp³-hybridized carbons (Fsp3) is 0.841. The molecule has 0 aliphatic carbocycles. The standard InChI is InChI=1S/C88H164N4O22P2/c1-11-19-25-31-33-35-37-43-49-55-87(97)113-81(53-47-41-29-23-15-5)69-85(95)91-77(71-103-65-59-79(105-75-101-9)51-45-39-27-21-13-3)73-111-115(99,107-63-17-7)109-67-61-89-83(93)57-58-84(94)90-62-68-110-116(100,108-64-18-8)112-74-78(72-104-66-60-80(106-76-102-10)52-46-40-28-22-14-4)92-86(96)70-82(54-48-42-30-24-16-6)114-88(98)56-50-44-38-36-34-32-26-20-12-2/h17-18,35-38,77-82H,7-8,11-16,19-34,39-76H2,1-6,9-10H3,(H,89,93)(H,90,94)(H,91,95)(H,92,96)/b37-35-,38-36-/t77?,78?,79-,80-,81-,82-,115?,116?/m1/s1. The minimum absolute atomic E-state index is 0.0565. The number of nitrogens with one attached hydrogen (secondary N) is 4. The van der Waals surface area contributed by atoms with Crippen LogP contribution in [0.2, 0.25) is 0 Å². The van der Waals surface area contributed by atoms with Gasteiger partial charge in [-0.1, -0.05) is 232 Å². The van der Waals surface area contributed by atoms with Crippen LogP contribution in [0.3, 0.4) is 0 Å². The number of methoxy groups -OCH3 is 2. The van der Waals surface area contributed by atoms with Crippen LogP contribution in [0.1, 0.15) is 337 Å². The predicted molar refractivity (Wildman–Crippen MR) is 461 cm³/mol. The van der Waals surface area contributed by atoms with Crippen LogP contribution in [-0.2, 0) is 103 Å². The first-order valence-electron chi connectivity index (χ1n) is 44.9. The first-order valence-corrected chi connectivity index (χ1v) is 47.8. The summed E-state index contributed by atoms with van der Waals surface area (Å²) in [7, 11) is -5.65. The molecule has 116 heavy (non-hydrogen) atoms. The average Bonchev–Trinajstić information content (AvgIpc) is 0.871. The normalized spacial score (nSPS) is 14.3. The lowest BCUT2D eigenvalue weighted by atomic mass is 10.1. The maximum atomic E-state index is 14.2. The lowest BCUT2D eigenvalue weighted by Crippen LogP contribution is -2.43. The van der Waals surface area contributed by atoms with Gasteiger partial charge in [0.05, 0.1) is 90.0 Å². The summed E-state index contributed by atoms with van der Waals surface area (Å²) in [5.74, 6) is -2.62. The number of allylic oxidation sites excluding steroid dienone is 4. The molecule has 0 aromatic heterocycles. The number of amides is 4. The van der Waals surface area contributed by atoms with E-state index < -0.39 is 63.6 Å². The summed E-state index contributed by atoms with van der Waals surface area (Å²) in [5, 5.41) is 11.2. The van der Waals surface area contributed by atoms with Gasteiger partial charge in [0, 0.05) is 66.2 Å². The third-order valence-corrected chi connectivity index (χ3v) is 22.0. The number of phosphoric acid groups is 2. The molecule has 678 valence electrons. The monoisotopic (exact) mass is 1690 g/mol. The summed E-state index contributed by atoms with van der Waals surface area (Å²) in [5.41, 5.74) is 0. The number of carbonyl (C=O) groups is 6. The lowest BCUT2D eigenvalue weighted by molar-refractivity contribution is -0.152. The van der Waals surface area contributed by atoms with Crippen molar-refractivity contribution in [1.29, 1.82) is 0 Å². The fourth-order valence-electron chi connectivity index (χ4n) is 12.4. The predicted octanol–water partition coefficient (Wildman–Crippen LogP) is 19.9. The Morgan fingerprint density at radius 1 is 0.345 bits per heavy atom. The van der Waals surface area contributed by atoms with Gasteiger partial charge in [-0.15, -0.1) is 13.2 Å². The minimum Gasteiger partial charge on any atom is -0.462 e. The third-order valence-electron chi connectivity index (χ3n) is 19.1. The van der Waals surface area contributed by atoms with E-state index in [1.165, 1.54) is 63.5 Å². The molecule has 0 aliphatic rings. The second-order valence-electron chi connectivity index (χ2n) is 30.0. The van der Waals surface area contributed by atoms with Crippen molar-refractivity contribution in [2.24, 2.45) is 0 Å². The van der Waals surface area contributed by atoms with Gasteiger partial charge in [-0.05, 0) is 103 Å². The van der Waals surface area contributed by atoms with Crippen molar-refractivity contribution in [1.82, 2.24) is 21.3 Å². The van der Waals surface area contributed by atoms with E-state index in [1.807, 2.05) is 0 Å². The van der Waals surface area contributed by atoms with Crippen LogP contribution in [0, 0.1) is 0 Å². The Hall–Kier alpha value is -4.24. The van der Waals surface area contributed by atoms with Crippen molar-refractivity contribution in [2.45, 2.75) is 373 Å². The van der Waals surface area contributed by atoms with Crippen LogP contribution >= 0.6 is 15.6 Å². The molecule has 0 spiro atoms. The van der Waals surface area contributed by atoms with Crippen molar-refractivity contribution in [3.8, 4) is 0 Å². The van der Waals surface area contributed by atoms with E-state index in [-0.39, 0.29) is 155 Å². The Morgan fingerprint density at radius 3 is 0.991 bits per heavy atom. The lowest BCUT2D eigenvalue weighted by Gasteiger charge is -2.24. The molecule has 0 aliphatic heterocycles. The largest absolute Gasteiger partial charge is 0.475 e. The Balaban J connectivity index is 6.19. The molecule has 4 N–H and O–H groups in total. The molecule has 4 unspecified atom stereocenters. The van der Waals surface area contributed by atoms with Crippen LogP contribution < -0.4 is 21.3 Å². The van der Waals surface area contributed by atoms with E-state index in [0.717, 1.165) is 167 Å². The number of hydrogen-bond donors (Lipinski definition) is 4. The van der Waals surface area contributed by atoms with Crippen molar-refractivity contribution >= 4 is 51.2 Å². The third kappa shape index (κ3) is 71.5. The van der Waals surface area contributed by atoms with Gasteiger partial charge in [-0.2, -0.15) is 0 Å². The van der Waals surface area contributed by atoms with Crippen molar-refractivity contribution < 1.29 is 103 Å². The molecule has 0 aromatic rings. The summed E-state index contributed by atoms with van der Waals surface area (Å²) in [6.07, 6.45) is 48.4. The molecular formula is C88H164N4O22P2. The number of esters is 2. The molecule has 0 radical (unpaired) electrons. The summed E-state index contributed by atoms with van der Waals surface area (Å²) in [4.78, 5) is 80.7. The quantitative estimate of drug-likeness (QED) is 0.0144. The molecule has 0 saturated heterocycles. The Bertz CT molecular complexity index is 2390. The molecule has 0 rings (SSSR count). The van der Waals surface area contributed by atoms with Gasteiger partial charge in [0.15, 0.2) is 0 Å². The summed E-state index contributed by atoms with van der Waals surface area (Å²) >= 11 is 0. The van der Waals surface area contributed by atoms with Crippen molar-refractivity contribution in [3.05, 3.63) is 49.6 Å². The molecule has 0 fully saturated rings. The minimum atomic E-state index is -4.40. The van der Waals surface area contributed by atoms with E-state index in [9.17, 15) is 37.9 Å². The second kappa shape index (κ2) is 81.7. The van der Waals surface area contributed by atoms with Crippen molar-refractivity contribution in [3.63, 3.8) is 0 Å². The molecule has 8 atom stereocenters. The van der Waals surface area contributed by atoms with Crippen LogP contribution in [0.5, 0.6) is 0 Å². The van der Waals surface area contributed by atoms with Gasteiger partial charge in [-0.25, -0.2) is 9.13 Å². The summed E-state index contributed by atoms with van der Waals surface area (Å²) in [6, 6.07) is -1.74. The molecule has 28 heteroatoms. The van der Waals surface area contributed by atoms with Gasteiger partial charge < -0.3 is 59.2 Å². The smallest absolute Gasteiger partial charge is 0.462 e. The van der Waals surface area contributed by atoms with Crippen LogP contribution in [-0.4, -0.2) is 179 Å². The van der Waals surface area contributed by atoms with Gasteiger partial charge in [0.1, 0.15) is 25.8 Å². The number of hydrogen-bond acceptors (Lipinski definition) is 22. The van der Waals surface area contributed by atoms with Gasteiger partial charge in [0.25, 0.3) is 0 Å². The first kappa shape index (κ1) is 112. The number of ether oxygens (including phenoxy) is 8. The molecule has 0 saturated carbocycles. The zero-order valence-corrected chi connectivity index (χ0v) is 75.4. The van der Waals surface area contributed by atoms with E-state index in [1.54, 1.807) is 14.2 Å². The molecule has 0 aromatic carbocycles. The SMILES string of the molecule is C=CCOP(=O)(OCCNC(=O)CCC(=O)NCCOP(=O)(OCC=C)OCC(COCC[C@@H](CCCCCCC)OCOC)NC(=O)C[C@@H](CCCCCCC)OC(=O)CCC/C=C\CCCCCC)OCC(COCC[C@@H](CCCCCCC)OCOC)NC(=O)C[C@@H](CCCCCCC)OC(=O)CCC/C=C\CCCCCC. The first-order chi connectivity index (χ1) is 56.4. The van der Waals surface area contributed by atoms with E-state index in [0.29, 0.717) is 38.5 Å². The van der Waals surface area contributed by atoms with Crippen LogP contribution in [0.4, 0.5) is 0 Å². The van der Waals surface area contributed by atoms with E-state index in [2.05, 4.69) is 100 Å². The number of unbranched alkanes of at least 4 members (excludes halogenated alkanes) is 26. The van der Waals surface area contributed by atoms with Gasteiger partial charge >= 0.3 is 27.6 Å². The fourth-order valence-corrected chi connectivity index (χ4v) is 14.8. The number of carbonyl (C=O) groups excluding carboxylic acids is 6. The zero-order chi connectivity index (χ0) is 85.3. The Labute approximate surface area is 702 Å². The van der Waals surface area contributed by atoms with Crippen LogP contribution in [0.25, 0.3) is 0 Å². The summed E-state index contributed by atoms with van der Waals surface area (Å²) < 4.78 is 109. The molecular weight excluding hydrogens is 1530 g/mol. The highest BCUT2D eigenvalue weighted by Crippen LogP contribution is 2.50. The summed E-state index contributed by atoms with van der Waals surface area (Å²) in [6.45, 7) is 18.8. The van der Waals surface area contributed by atoms with Gasteiger partial charge in [0.2, 0.25) is 23.6 Å². The number of rotatable bonds is 89.